The van der Waals surface area contributed by atoms with Crippen LogP contribution in [-0.4, -0.2) is 10.8 Å². The van der Waals surface area contributed by atoms with Crippen LogP contribution in [0.1, 0.15) is 16.9 Å². The summed E-state index contributed by atoms with van der Waals surface area (Å²) in [5, 5.41) is 4.21. The van der Waals surface area contributed by atoms with Gasteiger partial charge in [-0.15, -0.1) is 0 Å². The zero-order valence-corrected chi connectivity index (χ0v) is 13.8. The predicted molar refractivity (Wildman–Crippen MR) is 87.4 cm³/mol. The number of nitrogens with one attached hydrogen (secondary N) is 1. The molecule has 24 heavy (non-hydrogen) atoms. The maximum absolute atomic E-state index is 13.4. The van der Waals surface area contributed by atoms with E-state index in [2.05, 4.69) is 5.32 Å². The summed E-state index contributed by atoms with van der Waals surface area (Å²) < 4.78 is 45.5. The van der Waals surface area contributed by atoms with Crippen molar-refractivity contribution in [2.24, 2.45) is 0 Å². The summed E-state index contributed by atoms with van der Waals surface area (Å²) in [6.45, 7) is 3.46. The molecular weight excluding hydrogens is 332 g/mol. The van der Waals surface area contributed by atoms with E-state index < -0.39 is 22.4 Å². The highest BCUT2D eigenvalue weighted by Gasteiger charge is 2.21. The first kappa shape index (κ1) is 15.5. The molecule has 1 aromatic heterocycles. The number of benzene rings is 2. The Morgan fingerprint density at radius 3 is 2.54 bits per heavy atom. The Hall–Kier alpha value is -2.05. The van der Waals surface area contributed by atoms with Crippen LogP contribution in [-0.2, 0) is 23.8 Å². The van der Waals surface area contributed by atoms with Crippen molar-refractivity contribution in [3.05, 3.63) is 58.9 Å². The summed E-state index contributed by atoms with van der Waals surface area (Å²) in [6.07, 6.45) is 0.816. The molecule has 0 spiro atoms. The van der Waals surface area contributed by atoms with Gasteiger partial charge in [0.25, 0.3) is 0 Å². The molecule has 0 saturated heterocycles. The van der Waals surface area contributed by atoms with Crippen LogP contribution < -0.4 is 5.32 Å². The van der Waals surface area contributed by atoms with Gasteiger partial charge in [0, 0.05) is 46.3 Å². The van der Waals surface area contributed by atoms with Crippen molar-refractivity contribution in [1.82, 2.24) is 5.32 Å². The SMILES string of the molecule is Cc1cc(S(=O)c2cc(F)cc(F)c2)cc2c3c(oc12)CCNC3. The van der Waals surface area contributed by atoms with Gasteiger partial charge in [-0.1, -0.05) is 0 Å². The molecule has 2 aromatic carbocycles. The van der Waals surface area contributed by atoms with Crippen molar-refractivity contribution >= 4 is 21.8 Å². The van der Waals surface area contributed by atoms with Gasteiger partial charge in [0.2, 0.25) is 0 Å². The minimum absolute atomic E-state index is 0.113. The molecule has 4 rings (SSSR count). The number of halogens is 2. The quantitative estimate of drug-likeness (QED) is 0.766. The lowest BCUT2D eigenvalue weighted by atomic mass is 10.0. The van der Waals surface area contributed by atoms with Crippen LogP contribution in [0.4, 0.5) is 8.78 Å². The van der Waals surface area contributed by atoms with Gasteiger partial charge in [0.15, 0.2) is 0 Å². The Balaban J connectivity index is 1.86. The van der Waals surface area contributed by atoms with Crippen molar-refractivity contribution < 1.29 is 17.4 Å². The van der Waals surface area contributed by atoms with Crippen molar-refractivity contribution in [2.75, 3.05) is 6.54 Å². The molecule has 3 nitrogen and oxygen atoms in total. The minimum atomic E-state index is -1.66. The van der Waals surface area contributed by atoms with Crippen molar-refractivity contribution in [1.29, 1.82) is 0 Å². The standard InChI is InChI=1S/C18H15F2NO2S/c1-10-4-13(24(22)14-6-11(19)5-12(20)7-14)8-15-16-9-21-3-2-17(16)23-18(10)15/h4-8,21H,2-3,9H2,1H3. The summed E-state index contributed by atoms with van der Waals surface area (Å²) in [7, 11) is -1.66. The van der Waals surface area contributed by atoms with Crippen molar-refractivity contribution in [3.8, 4) is 0 Å². The van der Waals surface area contributed by atoms with E-state index in [0.29, 0.717) is 11.4 Å². The third-order valence-corrected chi connectivity index (χ3v) is 5.56. The summed E-state index contributed by atoms with van der Waals surface area (Å²) in [5.41, 5.74) is 2.72. The Morgan fingerprint density at radius 1 is 1.08 bits per heavy atom. The minimum Gasteiger partial charge on any atom is -0.460 e. The van der Waals surface area contributed by atoms with Crippen LogP contribution in [0.5, 0.6) is 0 Å². The second-order valence-electron chi connectivity index (χ2n) is 5.92. The number of hydrogen-bond acceptors (Lipinski definition) is 3. The highest BCUT2D eigenvalue weighted by atomic mass is 32.2. The third-order valence-electron chi connectivity index (χ3n) is 4.23. The number of aryl methyl sites for hydroxylation is 1. The molecule has 1 aliphatic rings. The second-order valence-corrected chi connectivity index (χ2v) is 7.40. The lowest BCUT2D eigenvalue weighted by Gasteiger charge is -2.11. The maximum Gasteiger partial charge on any atom is 0.137 e. The predicted octanol–water partition coefficient (Wildman–Crippen LogP) is 3.83. The van der Waals surface area contributed by atoms with E-state index in [1.165, 1.54) is 0 Å². The number of fused-ring (bicyclic) bond motifs is 3. The van der Waals surface area contributed by atoms with E-state index in [1.54, 1.807) is 12.1 Å². The molecule has 2 heterocycles. The van der Waals surface area contributed by atoms with Gasteiger partial charge < -0.3 is 9.73 Å². The molecule has 3 aromatic rings. The fraction of sp³-hybridized carbons (Fsp3) is 0.222. The summed E-state index contributed by atoms with van der Waals surface area (Å²) in [4.78, 5) is 0.626. The van der Waals surface area contributed by atoms with Crippen LogP contribution in [0.2, 0.25) is 0 Å². The van der Waals surface area contributed by atoms with Crippen LogP contribution in [0, 0.1) is 18.6 Å². The normalized spacial score (nSPS) is 15.5. The molecule has 124 valence electrons. The van der Waals surface area contributed by atoms with Crippen LogP contribution in [0.15, 0.2) is 44.5 Å². The molecule has 0 aliphatic carbocycles. The van der Waals surface area contributed by atoms with Crippen LogP contribution in [0.3, 0.4) is 0 Å². The fourth-order valence-corrected chi connectivity index (χ4v) is 4.35. The van der Waals surface area contributed by atoms with Gasteiger partial charge in [0.1, 0.15) is 23.0 Å². The number of rotatable bonds is 2. The summed E-state index contributed by atoms with van der Waals surface area (Å²) in [5.74, 6) is -0.520. The van der Waals surface area contributed by atoms with Gasteiger partial charge in [-0.25, -0.2) is 13.0 Å². The topological polar surface area (TPSA) is 42.2 Å². The molecule has 0 saturated carbocycles. The van der Waals surface area contributed by atoms with Crippen molar-refractivity contribution in [3.63, 3.8) is 0 Å². The molecule has 1 N–H and O–H groups in total. The first-order chi connectivity index (χ1) is 11.5. The summed E-state index contributed by atoms with van der Waals surface area (Å²) in [6, 6.07) is 6.53. The zero-order chi connectivity index (χ0) is 16.8. The summed E-state index contributed by atoms with van der Waals surface area (Å²) >= 11 is 0. The lowest BCUT2D eigenvalue weighted by Crippen LogP contribution is -2.22. The first-order valence-corrected chi connectivity index (χ1v) is 8.81. The molecule has 0 bridgehead atoms. The fourth-order valence-electron chi connectivity index (χ4n) is 3.13. The monoisotopic (exact) mass is 347 g/mol. The third kappa shape index (κ3) is 2.56. The highest BCUT2D eigenvalue weighted by Crippen LogP contribution is 2.33. The Labute approximate surface area is 140 Å². The Bertz CT molecular complexity index is 961. The Morgan fingerprint density at radius 2 is 1.79 bits per heavy atom. The largest absolute Gasteiger partial charge is 0.460 e. The molecule has 1 atom stereocenters. The highest BCUT2D eigenvalue weighted by molar-refractivity contribution is 7.85. The van der Waals surface area contributed by atoms with E-state index in [4.69, 9.17) is 4.42 Å². The first-order valence-electron chi connectivity index (χ1n) is 7.66. The number of hydrogen-bond donors (Lipinski definition) is 1. The van der Waals surface area contributed by atoms with E-state index >= 15 is 0 Å². The smallest absolute Gasteiger partial charge is 0.137 e. The van der Waals surface area contributed by atoms with Gasteiger partial charge in [-0.2, -0.15) is 0 Å². The second kappa shape index (κ2) is 5.79. The van der Waals surface area contributed by atoms with Crippen LogP contribution >= 0.6 is 0 Å². The van der Waals surface area contributed by atoms with Gasteiger partial charge in [-0.05, 0) is 36.8 Å². The van der Waals surface area contributed by atoms with Gasteiger partial charge in [-0.3, -0.25) is 0 Å². The van der Waals surface area contributed by atoms with Crippen LogP contribution in [0.25, 0.3) is 11.0 Å². The molecule has 0 amide bonds. The average molecular weight is 347 g/mol. The Kier molecular flexibility index (Phi) is 3.73. The molecule has 6 heteroatoms. The van der Waals surface area contributed by atoms with E-state index in [1.807, 2.05) is 6.92 Å². The zero-order valence-electron chi connectivity index (χ0n) is 13.0. The average Bonchev–Trinajstić information content (AvgIpc) is 2.93. The number of furan rings is 1. The molecule has 1 aliphatic heterocycles. The molecule has 0 radical (unpaired) electrons. The van der Waals surface area contributed by atoms with E-state index in [-0.39, 0.29) is 4.90 Å². The molecule has 0 fully saturated rings. The van der Waals surface area contributed by atoms with E-state index in [0.717, 1.165) is 59.0 Å². The van der Waals surface area contributed by atoms with Crippen molar-refractivity contribution in [2.45, 2.75) is 29.7 Å². The van der Waals surface area contributed by atoms with E-state index in [9.17, 15) is 13.0 Å². The van der Waals surface area contributed by atoms with Gasteiger partial charge in [0.05, 0.1) is 10.8 Å². The van der Waals surface area contributed by atoms with Gasteiger partial charge >= 0.3 is 0 Å². The maximum atomic E-state index is 13.4. The molecular formula is C18H15F2NO2S. The molecule has 1 unspecified atom stereocenters. The lowest BCUT2D eigenvalue weighted by molar-refractivity contribution is 0.499.